The highest BCUT2D eigenvalue weighted by atomic mass is 16.3. The normalized spacial score (nSPS) is 16.4. The van der Waals surface area contributed by atoms with Crippen molar-refractivity contribution in [3.05, 3.63) is 35.6 Å². The van der Waals surface area contributed by atoms with Crippen LogP contribution in [0.25, 0.3) is 11.0 Å². The summed E-state index contributed by atoms with van der Waals surface area (Å²) in [7, 11) is 0. The standard InChI is InChI=1S/C16H21NO/c1-16(2,3)14-6-4-5-13-11(10-18-15(13)14)9-17-12-7-8-12/h4-6,10,12,17H,7-9H2,1-3H3. The zero-order valence-corrected chi connectivity index (χ0v) is 11.4. The largest absolute Gasteiger partial charge is 0.464 e. The van der Waals surface area contributed by atoms with Crippen LogP contribution in [-0.4, -0.2) is 6.04 Å². The van der Waals surface area contributed by atoms with E-state index in [0.29, 0.717) is 0 Å². The predicted molar refractivity (Wildman–Crippen MR) is 74.8 cm³/mol. The summed E-state index contributed by atoms with van der Waals surface area (Å²) in [6.07, 6.45) is 4.56. The van der Waals surface area contributed by atoms with Crippen LogP contribution in [0, 0.1) is 0 Å². The SMILES string of the molecule is CC(C)(C)c1cccc2c(CNC3CC3)coc12. The van der Waals surface area contributed by atoms with E-state index in [-0.39, 0.29) is 5.41 Å². The Kier molecular flexibility index (Phi) is 2.70. The first-order valence-corrected chi connectivity index (χ1v) is 6.78. The summed E-state index contributed by atoms with van der Waals surface area (Å²) in [4.78, 5) is 0. The van der Waals surface area contributed by atoms with Gasteiger partial charge in [-0.3, -0.25) is 0 Å². The second kappa shape index (κ2) is 4.13. The lowest BCUT2D eigenvalue weighted by atomic mass is 9.86. The van der Waals surface area contributed by atoms with Gasteiger partial charge in [-0.25, -0.2) is 0 Å². The van der Waals surface area contributed by atoms with Crippen molar-refractivity contribution < 1.29 is 4.42 Å². The Hall–Kier alpha value is -1.28. The lowest BCUT2D eigenvalue weighted by Gasteiger charge is -2.18. The fourth-order valence-electron chi connectivity index (χ4n) is 2.38. The summed E-state index contributed by atoms with van der Waals surface area (Å²) < 4.78 is 5.82. The van der Waals surface area contributed by atoms with E-state index < -0.39 is 0 Å². The van der Waals surface area contributed by atoms with Crippen molar-refractivity contribution in [3.63, 3.8) is 0 Å². The molecule has 0 saturated heterocycles. The third-order valence-corrected chi connectivity index (χ3v) is 3.65. The molecule has 3 rings (SSSR count). The van der Waals surface area contributed by atoms with Gasteiger partial charge in [0.15, 0.2) is 0 Å². The quantitative estimate of drug-likeness (QED) is 0.882. The Morgan fingerprint density at radius 3 is 2.72 bits per heavy atom. The van der Waals surface area contributed by atoms with E-state index >= 15 is 0 Å². The van der Waals surface area contributed by atoms with Gasteiger partial charge in [-0.1, -0.05) is 39.0 Å². The summed E-state index contributed by atoms with van der Waals surface area (Å²) >= 11 is 0. The first-order chi connectivity index (χ1) is 8.55. The van der Waals surface area contributed by atoms with E-state index in [1.165, 1.54) is 29.4 Å². The molecule has 1 saturated carbocycles. The fourth-order valence-corrected chi connectivity index (χ4v) is 2.38. The summed E-state index contributed by atoms with van der Waals surface area (Å²) in [5, 5.41) is 4.81. The first-order valence-electron chi connectivity index (χ1n) is 6.78. The number of hydrogen-bond acceptors (Lipinski definition) is 2. The van der Waals surface area contributed by atoms with E-state index in [2.05, 4.69) is 44.3 Å². The fraction of sp³-hybridized carbons (Fsp3) is 0.500. The van der Waals surface area contributed by atoms with E-state index in [1.807, 2.05) is 6.26 Å². The molecular formula is C16H21NO. The topological polar surface area (TPSA) is 25.2 Å². The molecule has 0 bridgehead atoms. The molecule has 2 aromatic rings. The smallest absolute Gasteiger partial charge is 0.137 e. The van der Waals surface area contributed by atoms with Gasteiger partial charge in [-0.15, -0.1) is 0 Å². The number of para-hydroxylation sites is 1. The van der Waals surface area contributed by atoms with Crippen molar-refractivity contribution in [2.45, 2.75) is 51.6 Å². The molecule has 2 nitrogen and oxygen atoms in total. The second-order valence-corrected chi connectivity index (χ2v) is 6.35. The maximum absolute atomic E-state index is 5.82. The Labute approximate surface area is 108 Å². The van der Waals surface area contributed by atoms with Crippen LogP contribution >= 0.6 is 0 Å². The number of rotatable bonds is 3. The van der Waals surface area contributed by atoms with Crippen molar-refractivity contribution in [1.29, 1.82) is 0 Å². The zero-order valence-electron chi connectivity index (χ0n) is 11.4. The van der Waals surface area contributed by atoms with E-state index in [0.717, 1.165) is 18.2 Å². The van der Waals surface area contributed by atoms with Crippen molar-refractivity contribution in [2.24, 2.45) is 0 Å². The molecule has 1 heterocycles. The molecule has 1 aliphatic rings. The highest BCUT2D eigenvalue weighted by molar-refractivity contribution is 5.84. The van der Waals surface area contributed by atoms with Crippen molar-refractivity contribution in [3.8, 4) is 0 Å². The third-order valence-electron chi connectivity index (χ3n) is 3.65. The van der Waals surface area contributed by atoms with Gasteiger partial charge in [0.1, 0.15) is 5.58 Å². The summed E-state index contributed by atoms with van der Waals surface area (Å²) in [6.45, 7) is 7.61. The second-order valence-electron chi connectivity index (χ2n) is 6.35. The van der Waals surface area contributed by atoms with Crippen LogP contribution in [0.2, 0.25) is 0 Å². The number of hydrogen-bond donors (Lipinski definition) is 1. The molecule has 0 atom stereocenters. The summed E-state index contributed by atoms with van der Waals surface area (Å²) in [5.41, 5.74) is 3.75. The van der Waals surface area contributed by atoms with Crippen LogP contribution in [0.5, 0.6) is 0 Å². The number of benzene rings is 1. The Morgan fingerprint density at radius 1 is 1.28 bits per heavy atom. The molecule has 1 aromatic carbocycles. The van der Waals surface area contributed by atoms with Gasteiger partial charge in [-0.05, 0) is 18.3 Å². The minimum atomic E-state index is 0.124. The highest BCUT2D eigenvalue weighted by Gasteiger charge is 2.22. The molecule has 18 heavy (non-hydrogen) atoms. The molecule has 1 N–H and O–H groups in total. The van der Waals surface area contributed by atoms with Crippen LogP contribution in [-0.2, 0) is 12.0 Å². The Morgan fingerprint density at radius 2 is 2.06 bits per heavy atom. The first kappa shape index (κ1) is 11.8. The maximum atomic E-state index is 5.82. The maximum Gasteiger partial charge on any atom is 0.137 e. The Balaban J connectivity index is 1.97. The molecule has 0 radical (unpaired) electrons. The minimum absolute atomic E-state index is 0.124. The average molecular weight is 243 g/mol. The molecular weight excluding hydrogens is 222 g/mol. The van der Waals surface area contributed by atoms with Gasteiger partial charge in [0, 0.05) is 29.1 Å². The molecule has 0 amide bonds. The van der Waals surface area contributed by atoms with E-state index in [1.54, 1.807) is 0 Å². The molecule has 1 aliphatic carbocycles. The predicted octanol–water partition coefficient (Wildman–Crippen LogP) is 3.98. The molecule has 2 heteroatoms. The van der Waals surface area contributed by atoms with E-state index in [4.69, 9.17) is 4.42 Å². The monoisotopic (exact) mass is 243 g/mol. The Bertz CT molecular complexity index is 558. The van der Waals surface area contributed by atoms with Crippen molar-refractivity contribution in [2.75, 3.05) is 0 Å². The molecule has 1 fully saturated rings. The zero-order chi connectivity index (χ0) is 12.8. The highest BCUT2D eigenvalue weighted by Crippen LogP contribution is 2.32. The molecule has 1 aromatic heterocycles. The van der Waals surface area contributed by atoms with Crippen LogP contribution in [0.4, 0.5) is 0 Å². The van der Waals surface area contributed by atoms with Crippen LogP contribution in [0.1, 0.15) is 44.7 Å². The molecule has 0 unspecified atom stereocenters. The van der Waals surface area contributed by atoms with Crippen LogP contribution in [0.15, 0.2) is 28.9 Å². The van der Waals surface area contributed by atoms with Crippen molar-refractivity contribution in [1.82, 2.24) is 5.32 Å². The van der Waals surface area contributed by atoms with Crippen LogP contribution in [0.3, 0.4) is 0 Å². The van der Waals surface area contributed by atoms with Gasteiger partial charge in [0.25, 0.3) is 0 Å². The van der Waals surface area contributed by atoms with Gasteiger partial charge in [0.05, 0.1) is 6.26 Å². The van der Waals surface area contributed by atoms with Gasteiger partial charge < -0.3 is 9.73 Å². The molecule has 0 aliphatic heterocycles. The van der Waals surface area contributed by atoms with E-state index in [9.17, 15) is 0 Å². The van der Waals surface area contributed by atoms with Crippen LogP contribution < -0.4 is 5.32 Å². The third kappa shape index (κ3) is 2.17. The van der Waals surface area contributed by atoms with Gasteiger partial charge in [-0.2, -0.15) is 0 Å². The summed E-state index contributed by atoms with van der Waals surface area (Å²) in [6, 6.07) is 7.21. The van der Waals surface area contributed by atoms with Crippen molar-refractivity contribution >= 4 is 11.0 Å². The van der Waals surface area contributed by atoms with Gasteiger partial charge in [0.2, 0.25) is 0 Å². The molecule has 96 valence electrons. The number of fused-ring (bicyclic) bond motifs is 1. The lowest BCUT2D eigenvalue weighted by Crippen LogP contribution is -2.15. The minimum Gasteiger partial charge on any atom is -0.464 e. The number of furan rings is 1. The van der Waals surface area contributed by atoms with Gasteiger partial charge >= 0.3 is 0 Å². The molecule has 0 spiro atoms. The lowest BCUT2D eigenvalue weighted by molar-refractivity contribution is 0.555. The average Bonchev–Trinajstić information content (AvgIpc) is 3.05. The summed E-state index contributed by atoms with van der Waals surface area (Å²) in [5.74, 6) is 0. The number of nitrogens with one attached hydrogen (secondary N) is 1.